The van der Waals surface area contributed by atoms with Gasteiger partial charge in [0.1, 0.15) is 11.6 Å². The molecule has 29 heavy (non-hydrogen) atoms. The second kappa shape index (κ2) is 6.43. The second-order valence-electron chi connectivity index (χ2n) is 7.71. The zero-order chi connectivity index (χ0) is 20.2. The van der Waals surface area contributed by atoms with Crippen LogP contribution in [-0.2, 0) is 0 Å². The van der Waals surface area contributed by atoms with Crippen molar-refractivity contribution in [3.63, 3.8) is 0 Å². The maximum atomic E-state index is 13.6. The summed E-state index contributed by atoms with van der Waals surface area (Å²) < 4.78 is 28.9. The number of aromatic nitrogens is 5. The number of nitrogens with one attached hydrogen (secondary N) is 3. The minimum absolute atomic E-state index is 0.182. The van der Waals surface area contributed by atoms with Crippen molar-refractivity contribution in [2.24, 2.45) is 0 Å². The van der Waals surface area contributed by atoms with Crippen LogP contribution in [0.2, 0.25) is 0 Å². The third kappa shape index (κ3) is 3.50. The maximum Gasteiger partial charge on any atom is 0.323 e. The summed E-state index contributed by atoms with van der Waals surface area (Å²) in [5, 5.41) is 8.90. The van der Waals surface area contributed by atoms with Gasteiger partial charge in [0.25, 0.3) is 5.92 Å². The molecule has 0 radical (unpaired) electrons. The highest BCUT2D eigenvalue weighted by Crippen LogP contribution is 2.32. The Balaban J connectivity index is 1.61. The molecule has 0 atom stereocenters. The van der Waals surface area contributed by atoms with E-state index in [-0.39, 0.29) is 31.6 Å². The molecule has 0 aromatic carbocycles. The minimum Gasteiger partial charge on any atom is -0.367 e. The van der Waals surface area contributed by atoms with Crippen molar-refractivity contribution in [2.45, 2.75) is 37.6 Å². The molecule has 0 bridgehead atoms. The number of H-pyrrole nitrogens is 2. The highest BCUT2D eigenvalue weighted by molar-refractivity contribution is 5.69. The molecule has 1 aliphatic heterocycles. The smallest absolute Gasteiger partial charge is 0.323 e. The molecule has 0 amide bonds. The molecule has 2 fully saturated rings. The maximum absolute atomic E-state index is 13.6. The van der Waals surface area contributed by atoms with Gasteiger partial charge < -0.3 is 20.2 Å². The van der Waals surface area contributed by atoms with Gasteiger partial charge in [0.2, 0.25) is 0 Å². The van der Waals surface area contributed by atoms with Gasteiger partial charge in [0.15, 0.2) is 5.65 Å². The van der Waals surface area contributed by atoms with Crippen LogP contribution in [0.15, 0.2) is 17.1 Å². The highest BCUT2D eigenvalue weighted by atomic mass is 19.3. The number of imidazole rings is 1. The fourth-order valence-corrected chi connectivity index (χ4v) is 3.55. The van der Waals surface area contributed by atoms with Crippen molar-refractivity contribution in [3.05, 3.63) is 39.0 Å². The number of aromatic amines is 2. The van der Waals surface area contributed by atoms with E-state index in [4.69, 9.17) is 4.98 Å². The summed E-state index contributed by atoms with van der Waals surface area (Å²) in [4.78, 5) is 23.4. The van der Waals surface area contributed by atoms with E-state index < -0.39 is 5.92 Å². The van der Waals surface area contributed by atoms with E-state index in [0.29, 0.717) is 33.8 Å². The Labute approximate surface area is 164 Å². The van der Waals surface area contributed by atoms with E-state index in [1.807, 2.05) is 11.0 Å². The molecule has 0 unspecified atom stereocenters. The number of halogens is 2. The molecule has 1 saturated heterocycles. The lowest BCUT2D eigenvalue weighted by atomic mass is 10.1. The van der Waals surface area contributed by atoms with Gasteiger partial charge in [-0.15, -0.1) is 0 Å². The predicted molar refractivity (Wildman–Crippen MR) is 106 cm³/mol. The molecule has 10 heteroatoms. The minimum atomic E-state index is -2.62. The third-order valence-corrected chi connectivity index (χ3v) is 5.37. The SMILES string of the molecule is C=c1[nH]c(=O)[nH]/c1=C\c1cnn2c(NC3CC3)cc(N3CCC(F)(F)CC3)nc12. The first kappa shape index (κ1) is 17.9. The molecule has 0 spiro atoms. The van der Waals surface area contributed by atoms with Crippen LogP contribution in [0.4, 0.5) is 20.4 Å². The fraction of sp³-hybridized carbons (Fsp3) is 0.421. The lowest BCUT2D eigenvalue weighted by Crippen LogP contribution is -2.39. The van der Waals surface area contributed by atoms with Crippen LogP contribution in [0.25, 0.3) is 18.3 Å². The summed E-state index contributed by atoms with van der Waals surface area (Å²) in [7, 11) is 0. The Morgan fingerprint density at radius 2 is 2.03 bits per heavy atom. The first-order chi connectivity index (χ1) is 13.9. The number of hydrogen-bond donors (Lipinski definition) is 3. The standard InChI is InChI=1S/C19H21F2N7O/c1-11-14(25-18(29)23-11)8-12-10-22-28-16(24-13-2-3-13)9-15(26-17(12)28)27-6-4-19(20,21)5-7-27/h8-10,13,24H,1-7H2,(H2,23,25,29)/b14-8-. The van der Waals surface area contributed by atoms with Crippen LogP contribution in [0.5, 0.6) is 0 Å². The molecular weight excluding hydrogens is 380 g/mol. The van der Waals surface area contributed by atoms with Gasteiger partial charge in [0.05, 0.1) is 16.9 Å². The zero-order valence-corrected chi connectivity index (χ0v) is 15.7. The Bertz CT molecular complexity index is 1230. The first-order valence-electron chi connectivity index (χ1n) is 9.65. The van der Waals surface area contributed by atoms with E-state index in [0.717, 1.165) is 18.7 Å². The van der Waals surface area contributed by atoms with Crippen LogP contribution in [0, 0.1) is 0 Å². The van der Waals surface area contributed by atoms with E-state index in [1.165, 1.54) is 0 Å². The summed E-state index contributed by atoms with van der Waals surface area (Å²) in [6, 6.07) is 2.26. The van der Waals surface area contributed by atoms with Gasteiger partial charge in [-0.2, -0.15) is 9.61 Å². The lowest BCUT2D eigenvalue weighted by molar-refractivity contribution is -0.0221. The molecule has 3 aromatic heterocycles. The van der Waals surface area contributed by atoms with Gasteiger partial charge in [-0.05, 0) is 18.9 Å². The number of anilines is 2. The van der Waals surface area contributed by atoms with Crippen LogP contribution in [0.1, 0.15) is 31.2 Å². The van der Waals surface area contributed by atoms with Crippen LogP contribution >= 0.6 is 0 Å². The summed E-state index contributed by atoms with van der Waals surface area (Å²) in [6.07, 6.45) is 5.23. The van der Waals surface area contributed by atoms with Crippen molar-refractivity contribution in [3.8, 4) is 0 Å². The lowest BCUT2D eigenvalue weighted by Gasteiger charge is -2.32. The van der Waals surface area contributed by atoms with E-state index in [2.05, 4.69) is 27.0 Å². The van der Waals surface area contributed by atoms with E-state index >= 15 is 0 Å². The molecule has 3 N–H and O–H groups in total. The average molecular weight is 401 g/mol. The molecule has 3 aromatic rings. The molecule has 1 aliphatic carbocycles. The third-order valence-electron chi connectivity index (χ3n) is 5.37. The van der Waals surface area contributed by atoms with Crippen molar-refractivity contribution in [1.29, 1.82) is 0 Å². The number of nitrogens with zero attached hydrogens (tertiary/aromatic N) is 4. The Morgan fingerprint density at radius 1 is 1.28 bits per heavy atom. The molecule has 2 aliphatic rings. The predicted octanol–water partition coefficient (Wildman–Crippen LogP) is 0.795. The average Bonchev–Trinajstić information content (AvgIpc) is 3.30. The molecule has 5 rings (SSSR count). The monoisotopic (exact) mass is 401 g/mol. The zero-order valence-electron chi connectivity index (χ0n) is 15.7. The largest absolute Gasteiger partial charge is 0.367 e. The molecule has 4 heterocycles. The van der Waals surface area contributed by atoms with Gasteiger partial charge in [-0.3, -0.25) is 0 Å². The molecular formula is C19H21F2N7O. The molecule has 8 nitrogen and oxygen atoms in total. The van der Waals surface area contributed by atoms with Crippen LogP contribution in [-0.4, -0.2) is 49.6 Å². The summed E-state index contributed by atoms with van der Waals surface area (Å²) in [5.41, 5.74) is 0.953. The Kier molecular flexibility index (Phi) is 3.97. The van der Waals surface area contributed by atoms with Crippen molar-refractivity contribution in [1.82, 2.24) is 24.6 Å². The van der Waals surface area contributed by atoms with Crippen molar-refractivity contribution in [2.75, 3.05) is 23.3 Å². The van der Waals surface area contributed by atoms with Gasteiger partial charge >= 0.3 is 5.69 Å². The normalized spacial score (nSPS) is 19.8. The fourth-order valence-electron chi connectivity index (χ4n) is 3.55. The summed E-state index contributed by atoms with van der Waals surface area (Å²) in [6.45, 7) is 4.32. The summed E-state index contributed by atoms with van der Waals surface area (Å²) in [5.74, 6) is -1.19. The molecule has 152 valence electrons. The highest BCUT2D eigenvalue weighted by Gasteiger charge is 2.35. The topological polar surface area (TPSA) is 94.1 Å². The van der Waals surface area contributed by atoms with Crippen LogP contribution in [0.3, 0.4) is 0 Å². The quantitative estimate of drug-likeness (QED) is 0.601. The Morgan fingerprint density at radius 3 is 2.69 bits per heavy atom. The summed E-state index contributed by atoms with van der Waals surface area (Å²) >= 11 is 0. The molecule has 1 saturated carbocycles. The number of piperidine rings is 1. The van der Waals surface area contributed by atoms with Crippen LogP contribution < -0.4 is 26.6 Å². The van der Waals surface area contributed by atoms with Gasteiger partial charge in [0, 0.05) is 43.6 Å². The Hall–Kier alpha value is -3.17. The second-order valence-corrected chi connectivity index (χ2v) is 7.71. The number of hydrogen-bond acceptors (Lipinski definition) is 5. The van der Waals surface area contributed by atoms with E-state index in [1.54, 1.807) is 16.8 Å². The number of fused-ring (bicyclic) bond motifs is 1. The number of rotatable bonds is 4. The van der Waals surface area contributed by atoms with Crippen molar-refractivity contribution < 1.29 is 8.78 Å². The van der Waals surface area contributed by atoms with E-state index in [9.17, 15) is 13.6 Å². The van der Waals surface area contributed by atoms with Gasteiger partial charge in [-0.25, -0.2) is 18.6 Å². The van der Waals surface area contributed by atoms with Crippen molar-refractivity contribution >= 4 is 29.9 Å². The number of alkyl halides is 2. The van der Waals surface area contributed by atoms with Gasteiger partial charge in [-0.1, -0.05) is 6.58 Å². The first-order valence-corrected chi connectivity index (χ1v) is 9.65.